The second kappa shape index (κ2) is 6.33. The Kier molecular flexibility index (Phi) is 3.76. The van der Waals surface area contributed by atoms with Crippen LogP contribution in [0.3, 0.4) is 0 Å². The maximum atomic E-state index is 15.3. The molecule has 0 atom stereocenters. The van der Waals surface area contributed by atoms with Crippen LogP contribution in [0.25, 0.3) is 27.9 Å². The first-order valence-electron chi connectivity index (χ1n) is 8.65. The van der Waals surface area contributed by atoms with Crippen LogP contribution in [0.2, 0.25) is 0 Å². The molecule has 29 heavy (non-hydrogen) atoms. The number of nitrogens with one attached hydrogen (secondary N) is 1. The van der Waals surface area contributed by atoms with Crippen LogP contribution >= 0.6 is 0 Å². The molecule has 0 aliphatic carbocycles. The molecule has 142 valence electrons. The predicted octanol–water partition coefficient (Wildman–Crippen LogP) is 3.43. The van der Waals surface area contributed by atoms with Gasteiger partial charge in [-0.15, -0.1) is 15.2 Å². The number of benzene rings is 2. The van der Waals surface area contributed by atoms with Crippen molar-refractivity contribution in [3.05, 3.63) is 84.2 Å². The molecule has 0 spiro atoms. The van der Waals surface area contributed by atoms with E-state index in [0.717, 1.165) is 4.52 Å². The Morgan fingerprint density at radius 3 is 2.62 bits per heavy atom. The van der Waals surface area contributed by atoms with Crippen molar-refractivity contribution >= 4 is 16.7 Å². The van der Waals surface area contributed by atoms with Crippen molar-refractivity contribution in [3.63, 3.8) is 0 Å². The van der Waals surface area contributed by atoms with Gasteiger partial charge in [0.1, 0.15) is 17.7 Å². The number of aromatic nitrogens is 6. The fourth-order valence-corrected chi connectivity index (χ4v) is 3.09. The quantitative estimate of drug-likeness (QED) is 0.477. The Morgan fingerprint density at radius 1 is 0.966 bits per heavy atom. The van der Waals surface area contributed by atoms with E-state index in [2.05, 4.69) is 25.3 Å². The number of rotatable bonds is 3. The van der Waals surface area contributed by atoms with Crippen LogP contribution in [-0.2, 0) is 5.92 Å². The molecular weight excluding hydrogens is 381 g/mol. The van der Waals surface area contributed by atoms with Crippen molar-refractivity contribution in [1.29, 1.82) is 0 Å². The summed E-state index contributed by atoms with van der Waals surface area (Å²) in [6.45, 7) is 0. The van der Waals surface area contributed by atoms with E-state index in [4.69, 9.17) is 0 Å². The Labute approximate surface area is 161 Å². The summed E-state index contributed by atoms with van der Waals surface area (Å²) < 4.78 is 44.8. The SMILES string of the molecule is Fc1ccc(-c2cnc3n[nH]c(C(F)(F)c4ccc5ncccc5c4)[n+]3n2)cc1. The summed E-state index contributed by atoms with van der Waals surface area (Å²) in [5.74, 6) is -4.36. The van der Waals surface area contributed by atoms with Gasteiger partial charge in [-0.05, 0) is 42.5 Å². The summed E-state index contributed by atoms with van der Waals surface area (Å²) in [6, 6.07) is 13.2. The Bertz CT molecular complexity index is 1350. The van der Waals surface area contributed by atoms with Crippen molar-refractivity contribution in [2.75, 3.05) is 0 Å². The van der Waals surface area contributed by atoms with Crippen molar-refractivity contribution in [2.24, 2.45) is 0 Å². The fraction of sp³-hybridized carbons (Fsp3) is 0.0500. The van der Waals surface area contributed by atoms with Gasteiger partial charge in [0.25, 0.3) is 0 Å². The van der Waals surface area contributed by atoms with Gasteiger partial charge in [0, 0.05) is 27.8 Å². The molecule has 0 saturated heterocycles. The minimum atomic E-state index is -3.42. The summed E-state index contributed by atoms with van der Waals surface area (Å²) >= 11 is 0. The average molecular weight is 393 g/mol. The number of pyridine rings is 1. The molecule has 0 aliphatic heterocycles. The second-order valence-corrected chi connectivity index (χ2v) is 6.42. The minimum absolute atomic E-state index is 0.00649. The van der Waals surface area contributed by atoms with Gasteiger partial charge in [-0.3, -0.25) is 4.98 Å². The molecule has 2 aromatic carbocycles. The number of aromatic amines is 1. The highest BCUT2D eigenvalue weighted by atomic mass is 19.3. The fourth-order valence-electron chi connectivity index (χ4n) is 3.09. The molecular formula is C20H12F3N6+. The van der Waals surface area contributed by atoms with Gasteiger partial charge < -0.3 is 0 Å². The largest absolute Gasteiger partial charge is 0.437 e. The van der Waals surface area contributed by atoms with Crippen molar-refractivity contribution in [1.82, 2.24) is 25.3 Å². The molecule has 1 N–H and O–H groups in total. The highest BCUT2D eigenvalue weighted by Gasteiger charge is 2.43. The third-order valence-electron chi connectivity index (χ3n) is 4.58. The number of alkyl halides is 2. The highest BCUT2D eigenvalue weighted by Crippen LogP contribution is 2.34. The Hall–Kier alpha value is -3.88. The minimum Gasteiger partial charge on any atom is -0.256 e. The lowest BCUT2D eigenvalue weighted by Crippen LogP contribution is -2.37. The van der Waals surface area contributed by atoms with Gasteiger partial charge in [0.2, 0.25) is 0 Å². The number of nitrogens with zero attached hydrogens (tertiary/aromatic N) is 5. The predicted molar refractivity (Wildman–Crippen MR) is 97.5 cm³/mol. The van der Waals surface area contributed by atoms with Crippen LogP contribution in [-0.4, -0.2) is 25.3 Å². The molecule has 0 amide bonds. The number of hydrogen-bond acceptors (Lipinski definition) is 4. The molecule has 3 heterocycles. The zero-order valence-corrected chi connectivity index (χ0v) is 14.7. The highest BCUT2D eigenvalue weighted by molar-refractivity contribution is 5.79. The van der Waals surface area contributed by atoms with Crippen molar-refractivity contribution in [2.45, 2.75) is 5.92 Å². The van der Waals surface area contributed by atoms with E-state index in [1.165, 1.54) is 48.7 Å². The van der Waals surface area contributed by atoms with Gasteiger partial charge in [0.15, 0.2) is 0 Å². The molecule has 0 unspecified atom stereocenters. The standard InChI is InChI=1S/C20H11F3N6/c21-15-6-3-12(4-7-15)17-11-25-19-27-26-18(29(19)28-17)20(22,23)14-5-8-16-13(10-14)2-1-9-24-16/h1-11H/p+1. The van der Waals surface area contributed by atoms with Crippen molar-refractivity contribution < 1.29 is 17.7 Å². The van der Waals surface area contributed by atoms with Crippen LogP contribution in [0.5, 0.6) is 0 Å². The van der Waals surface area contributed by atoms with E-state index in [0.29, 0.717) is 22.2 Å². The smallest absolute Gasteiger partial charge is 0.256 e. The number of H-pyrrole nitrogens is 1. The first-order chi connectivity index (χ1) is 14.0. The number of halogens is 3. The molecule has 0 fully saturated rings. The molecule has 0 saturated carbocycles. The van der Waals surface area contributed by atoms with Gasteiger partial charge in [0.05, 0.1) is 5.52 Å². The van der Waals surface area contributed by atoms with Crippen LogP contribution in [0.1, 0.15) is 11.4 Å². The number of fused-ring (bicyclic) bond motifs is 2. The third-order valence-corrected chi connectivity index (χ3v) is 4.58. The molecule has 0 radical (unpaired) electrons. The van der Waals surface area contributed by atoms with E-state index in [1.807, 2.05) is 0 Å². The zero-order valence-electron chi connectivity index (χ0n) is 14.7. The lowest BCUT2D eigenvalue weighted by atomic mass is 10.0. The van der Waals surface area contributed by atoms with Gasteiger partial charge in [-0.1, -0.05) is 16.6 Å². The zero-order chi connectivity index (χ0) is 20.0. The Balaban J connectivity index is 1.64. The third kappa shape index (κ3) is 2.87. The summed E-state index contributed by atoms with van der Waals surface area (Å²) in [7, 11) is 0. The normalized spacial score (nSPS) is 12.0. The van der Waals surface area contributed by atoms with E-state index in [-0.39, 0.29) is 11.3 Å². The second-order valence-electron chi connectivity index (χ2n) is 6.42. The van der Waals surface area contributed by atoms with E-state index in [1.54, 1.807) is 18.3 Å². The van der Waals surface area contributed by atoms with E-state index < -0.39 is 17.6 Å². The van der Waals surface area contributed by atoms with E-state index in [9.17, 15) is 4.39 Å². The van der Waals surface area contributed by atoms with Crippen LogP contribution in [0, 0.1) is 5.82 Å². The topological polar surface area (TPSA) is 71.5 Å². The lowest BCUT2D eigenvalue weighted by Gasteiger charge is -2.13. The molecule has 3 aromatic heterocycles. The number of hydrogen-bond donors (Lipinski definition) is 1. The van der Waals surface area contributed by atoms with Crippen molar-refractivity contribution in [3.8, 4) is 11.3 Å². The first-order valence-corrected chi connectivity index (χ1v) is 8.65. The van der Waals surface area contributed by atoms with Crippen LogP contribution < -0.4 is 4.52 Å². The molecule has 0 aliphatic rings. The van der Waals surface area contributed by atoms with Gasteiger partial charge in [-0.2, -0.15) is 8.78 Å². The summed E-state index contributed by atoms with van der Waals surface area (Å²) in [6.07, 6.45) is 3.00. The van der Waals surface area contributed by atoms with Gasteiger partial charge in [-0.25, -0.2) is 4.39 Å². The summed E-state index contributed by atoms with van der Waals surface area (Å²) in [4.78, 5) is 8.23. The summed E-state index contributed by atoms with van der Waals surface area (Å²) in [5, 5.41) is 11.0. The maximum absolute atomic E-state index is 15.3. The van der Waals surface area contributed by atoms with Crippen LogP contribution in [0.4, 0.5) is 13.2 Å². The van der Waals surface area contributed by atoms with Gasteiger partial charge >= 0.3 is 17.5 Å². The summed E-state index contributed by atoms with van der Waals surface area (Å²) in [5.41, 5.74) is 1.24. The molecule has 9 heteroatoms. The van der Waals surface area contributed by atoms with Crippen LogP contribution in [0.15, 0.2) is 67.0 Å². The molecule has 5 rings (SSSR count). The first kappa shape index (κ1) is 17.2. The lowest BCUT2D eigenvalue weighted by molar-refractivity contribution is -0.600. The average Bonchev–Trinajstić information content (AvgIpc) is 3.18. The van der Waals surface area contributed by atoms with E-state index >= 15 is 8.78 Å². The maximum Gasteiger partial charge on any atom is 0.437 e. The molecule has 6 nitrogen and oxygen atoms in total. The molecule has 5 aromatic rings. The Morgan fingerprint density at radius 2 is 1.79 bits per heavy atom. The monoisotopic (exact) mass is 393 g/mol. The molecule has 0 bridgehead atoms.